The second kappa shape index (κ2) is 9.78. The van der Waals surface area contributed by atoms with E-state index in [1.165, 1.54) is 0 Å². The van der Waals surface area contributed by atoms with Crippen molar-refractivity contribution in [3.8, 4) is 34.5 Å². The zero-order chi connectivity index (χ0) is 20.7. The van der Waals surface area contributed by atoms with E-state index in [0.717, 1.165) is 11.1 Å². The first-order chi connectivity index (χ1) is 13.5. The molecule has 28 heavy (non-hydrogen) atoms. The summed E-state index contributed by atoms with van der Waals surface area (Å²) in [7, 11) is 9.70. The topological polar surface area (TPSA) is 55.4 Å². The third kappa shape index (κ3) is 4.44. The highest BCUT2D eigenvalue weighted by Crippen LogP contribution is 2.41. The van der Waals surface area contributed by atoms with Crippen LogP contribution in [0.3, 0.4) is 0 Å². The Balaban J connectivity index is 2.48. The fourth-order valence-electron chi connectivity index (χ4n) is 3.02. The monoisotopic (exact) mass is 388 g/mol. The van der Waals surface area contributed by atoms with E-state index >= 15 is 0 Å². The molecule has 0 fully saturated rings. The quantitative estimate of drug-likeness (QED) is 0.628. The predicted octanol–water partition coefficient (Wildman–Crippen LogP) is 4.56. The molecule has 0 N–H and O–H groups in total. The van der Waals surface area contributed by atoms with E-state index in [-0.39, 0.29) is 5.92 Å². The van der Waals surface area contributed by atoms with Crippen LogP contribution in [-0.2, 0) is 0 Å². The molecule has 0 spiro atoms. The molecule has 0 aliphatic rings. The Morgan fingerprint density at radius 1 is 0.607 bits per heavy atom. The standard InChI is InChI=1S/C22H28O6/c1-14(22-20(27-6)12-16(24-3)13-21(22)28-7)8-9-17-18(25-4)10-15(23-2)11-19(17)26-5/h8-14H,1-7H3/b9-8+/t14-/m0/s1. The van der Waals surface area contributed by atoms with Crippen LogP contribution in [0, 0.1) is 0 Å². The van der Waals surface area contributed by atoms with Crippen LogP contribution in [0.5, 0.6) is 34.5 Å². The number of methoxy groups -OCH3 is 6. The third-order valence-electron chi connectivity index (χ3n) is 4.51. The molecule has 1 atom stereocenters. The molecular formula is C22H28O6. The van der Waals surface area contributed by atoms with Crippen molar-refractivity contribution >= 4 is 6.08 Å². The van der Waals surface area contributed by atoms with Crippen LogP contribution in [0.25, 0.3) is 6.08 Å². The Morgan fingerprint density at radius 3 is 1.36 bits per heavy atom. The maximum absolute atomic E-state index is 5.56. The molecule has 0 bridgehead atoms. The summed E-state index contributed by atoms with van der Waals surface area (Å²) in [5.74, 6) is 4.04. The first-order valence-electron chi connectivity index (χ1n) is 8.81. The second-order valence-electron chi connectivity index (χ2n) is 6.04. The molecule has 0 radical (unpaired) electrons. The van der Waals surface area contributed by atoms with E-state index in [1.807, 2.05) is 36.4 Å². The number of ether oxygens (including phenoxy) is 6. The molecule has 0 heterocycles. The molecule has 0 aliphatic heterocycles. The summed E-state index contributed by atoms with van der Waals surface area (Å²) in [4.78, 5) is 0. The fourth-order valence-corrected chi connectivity index (χ4v) is 3.02. The fraction of sp³-hybridized carbons (Fsp3) is 0.364. The number of rotatable bonds is 9. The summed E-state index contributed by atoms with van der Waals surface area (Å²) < 4.78 is 32.8. The summed E-state index contributed by atoms with van der Waals surface area (Å²) in [5.41, 5.74) is 1.75. The number of benzene rings is 2. The van der Waals surface area contributed by atoms with Gasteiger partial charge in [0, 0.05) is 35.7 Å². The van der Waals surface area contributed by atoms with Gasteiger partial charge in [-0.05, 0) is 0 Å². The van der Waals surface area contributed by atoms with Crippen LogP contribution in [0.2, 0.25) is 0 Å². The number of hydrogen-bond donors (Lipinski definition) is 0. The summed E-state index contributed by atoms with van der Waals surface area (Å²) in [6.07, 6.45) is 4.00. The lowest BCUT2D eigenvalue weighted by atomic mass is 9.97. The highest BCUT2D eigenvalue weighted by Gasteiger charge is 2.18. The van der Waals surface area contributed by atoms with Crippen molar-refractivity contribution in [1.82, 2.24) is 0 Å². The maximum Gasteiger partial charge on any atom is 0.133 e. The van der Waals surface area contributed by atoms with Crippen LogP contribution in [0.15, 0.2) is 30.3 Å². The second-order valence-corrected chi connectivity index (χ2v) is 6.04. The lowest BCUT2D eigenvalue weighted by Crippen LogP contribution is -2.01. The van der Waals surface area contributed by atoms with Gasteiger partial charge in [-0.2, -0.15) is 0 Å². The molecule has 0 saturated carbocycles. The van der Waals surface area contributed by atoms with Crippen LogP contribution in [0.1, 0.15) is 24.0 Å². The minimum absolute atomic E-state index is 0.00711. The van der Waals surface area contributed by atoms with E-state index < -0.39 is 0 Å². The van der Waals surface area contributed by atoms with E-state index in [2.05, 4.69) is 6.92 Å². The average Bonchev–Trinajstić information content (AvgIpc) is 2.75. The van der Waals surface area contributed by atoms with E-state index in [0.29, 0.717) is 34.5 Å². The van der Waals surface area contributed by atoms with Crippen molar-refractivity contribution in [3.63, 3.8) is 0 Å². The van der Waals surface area contributed by atoms with Gasteiger partial charge >= 0.3 is 0 Å². The molecule has 0 aliphatic carbocycles. The number of hydrogen-bond acceptors (Lipinski definition) is 6. The molecule has 2 aromatic carbocycles. The summed E-state index contributed by atoms with van der Waals surface area (Å²) >= 11 is 0. The van der Waals surface area contributed by atoms with Gasteiger partial charge in [-0.25, -0.2) is 0 Å². The van der Waals surface area contributed by atoms with Gasteiger partial charge in [0.1, 0.15) is 34.5 Å². The normalized spacial score (nSPS) is 11.8. The van der Waals surface area contributed by atoms with Crippen LogP contribution < -0.4 is 28.4 Å². The van der Waals surface area contributed by atoms with Gasteiger partial charge in [-0.15, -0.1) is 0 Å². The van der Waals surface area contributed by atoms with Gasteiger partial charge in [-0.1, -0.05) is 19.1 Å². The van der Waals surface area contributed by atoms with E-state index in [1.54, 1.807) is 42.7 Å². The molecule has 6 nitrogen and oxygen atoms in total. The molecule has 2 rings (SSSR count). The summed E-state index contributed by atoms with van der Waals surface area (Å²) in [6, 6.07) is 7.33. The molecule has 0 aromatic heterocycles. The highest BCUT2D eigenvalue weighted by molar-refractivity contribution is 5.67. The minimum Gasteiger partial charge on any atom is -0.496 e. The largest absolute Gasteiger partial charge is 0.496 e. The summed E-state index contributed by atoms with van der Waals surface area (Å²) in [5, 5.41) is 0. The van der Waals surface area contributed by atoms with Crippen LogP contribution in [0.4, 0.5) is 0 Å². The van der Waals surface area contributed by atoms with Gasteiger partial charge < -0.3 is 28.4 Å². The van der Waals surface area contributed by atoms with Crippen LogP contribution >= 0.6 is 0 Å². The van der Waals surface area contributed by atoms with Crippen molar-refractivity contribution in [3.05, 3.63) is 41.5 Å². The molecule has 0 saturated heterocycles. The van der Waals surface area contributed by atoms with Crippen molar-refractivity contribution in [2.45, 2.75) is 12.8 Å². The Kier molecular flexibility index (Phi) is 7.44. The van der Waals surface area contributed by atoms with Gasteiger partial charge in [0.05, 0.1) is 48.2 Å². The lowest BCUT2D eigenvalue weighted by Gasteiger charge is -2.18. The Hall–Kier alpha value is -3.02. The predicted molar refractivity (Wildman–Crippen MR) is 110 cm³/mol. The van der Waals surface area contributed by atoms with Crippen molar-refractivity contribution in [1.29, 1.82) is 0 Å². The third-order valence-corrected chi connectivity index (χ3v) is 4.51. The van der Waals surface area contributed by atoms with Crippen molar-refractivity contribution < 1.29 is 28.4 Å². The zero-order valence-electron chi connectivity index (χ0n) is 17.5. The van der Waals surface area contributed by atoms with Gasteiger partial charge in [0.25, 0.3) is 0 Å². The van der Waals surface area contributed by atoms with Crippen molar-refractivity contribution in [2.24, 2.45) is 0 Å². The molecular weight excluding hydrogens is 360 g/mol. The SMILES string of the molecule is COc1cc(OC)c(/C=C/[C@H](C)c2c(OC)cc(OC)cc2OC)c(OC)c1. The maximum atomic E-state index is 5.56. The molecule has 0 unspecified atom stereocenters. The zero-order valence-corrected chi connectivity index (χ0v) is 17.5. The first-order valence-corrected chi connectivity index (χ1v) is 8.81. The van der Waals surface area contributed by atoms with Crippen molar-refractivity contribution in [2.75, 3.05) is 42.7 Å². The molecule has 2 aromatic rings. The molecule has 0 amide bonds. The van der Waals surface area contributed by atoms with Gasteiger partial charge in [-0.3, -0.25) is 0 Å². The first kappa shape index (κ1) is 21.3. The number of allylic oxidation sites excluding steroid dienone is 1. The Labute approximate surface area is 166 Å². The highest BCUT2D eigenvalue weighted by atomic mass is 16.5. The average molecular weight is 388 g/mol. The smallest absolute Gasteiger partial charge is 0.133 e. The Bertz CT molecular complexity index is 778. The molecule has 6 heteroatoms. The van der Waals surface area contributed by atoms with E-state index in [4.69, 9.17) is 28.4 Å². The van der Waals surface area contributed by atoms with Gasteiger partial charge in [0.2, 0.25) is 0 Å². The van der Waals surface area contributed by atoms with E-state index in [9.17, 15) is 0 Å². The molecule has 152 valence electrons. The minimum atomic E-state index is -0.00711. The lowest BCUT2D eigenvalue weighted by molar-refractivity contribution is 0.367. The summed E-state index contributed by atoms with van der Waals surface area (Å²) in [6.45, 7) is 2.06. The van der Waals surface area contributed by atoms with Crippen LogP contribution in [-0.4, -0.2) is 42.7 Å². The Morgan fingerprint density at radius 2 is 1.00 bits per heavy atom. The van der Waals surface area contributed by atoms with Gasteiger partial charge in [0.15, 0.2) is 0 Å².